The molecule has 1 aliphatic heterocycles. The molecule has 24 heavy (non-hydrogen) atoms. The molecule has 0 aliphatic carbocycles. The number of nitrogens with zero attached hydrogens (tertiary/aromatic N) is 2. The molecule has 0 spiro atoms. The summed E-state index contributed by atoms with van der Waals surface area (Å²) >= 11 is 1.82. The lowest BCUT2D eigenvalue weighted by molar-refractivity contribution is 0.0746. The maximum atomic E-state index is 12.7. The Kier molecular flexibility index (Phi) is 5.46. The zero-order valence-corrected chi connectivity index (χ0v) is 15.1. The third kappa shape index (κ3) is 4.12. The molecule has 1 saturated heterocycles. The van der Waals surface area contributed by atoms with E-state index in [0.29, 0.717) is 5.25 Å². The Hall–Kier alpha value is -1.94. The van der Waals surface area contributed by atoms with Gasteiger partial charge in [-0.15, -0.1) is 11.8 Å². The van der Waals surface area contributed by atoms with Crippen LogP contribution >= 0.6 is 11.8 Å². The van der Waals surface area contributed by atoms with E-state index in [4.69, 9.17) is 0 Å². The van der Waals surface area contributed by atoms with E-state index in [1.165, 1.54) is 10.6 Å². The monoisotopic (exact) mass is 340 g/mol. The fraction of sp³-hybridized carbons (Fsp3) is 0.350. The van der Waals surface area contributed by atoms with E-state index < -0.39 is 0 Å². The van der Waals surface area contributed by atoms with Crippen molar-refractivity contribution in [3.05, 3.63) is 60.2 Å². The van der Waals surface area contributed by atoms with E-state index in [0.717, 1.165) is 31.7 Å². The lowest BCUT2D eigenvalue weighted by Gasteiger charge is -2.36. The second-order valence-electron chi connectivity index (χ2n) is 6.31. The van der Waals surface area contributed by atoms with Crippen molar-refractivity contribution in [2.45, 2.75) is 24.0 Å². The summed E-state index contributed by atoms with van der Waals surface area (Å²) in [6.07, 6.45) is 0. The van der Waals surface area contributed by atoms with Gasteiger partial charge in [0.05, 0.1) is 0 Å². The van der Waals surface area contributed by atoms with Crippen molar-refractivity contribution in [1.29, 1.82) is 0 Å². The van der Waals surface area contributed by atoms with Gasteiger partial charge >= 0.3 is 0 Å². The van der Waals surface area contributed by atoms with E-state index >= 15 is 0 Å². The normalized spacial score (nSPS) is 15.0. The van der Waals surface area contributed by atoms with Gasteiger partial charge < -0.3 is 9.80 Å². The first-order valence-corrected chi connectivity index (χ1v) is 9.37. The molecule has 0 unspecified atom stereocenters. The number of anilines is 1. The maximum Gasteiger partial charge on any atom is 0.253 e. The summed E-state index contributed by atoms with van der Waals surface area (Å²) in [5, 5.41) is 0.553. The molecule has 2 aromatic rings. The number of thioether (sulfide) groups is 1. The molecule has 0 radical (unpaired) electrons. The third-order valence-electron chi connectivity index (χ3n) is 4.16. The summed E-state index contributed by atoms with van der Waals surface area (Å²) in [5.74, 6) is 0.142. The van der Waals surface area contributed by atoms with Gasteiger partial charge in [-0.25, -0.2) is 0 Å². The van der Waals surface area contributed by atoms with Gasteiger partial charge in [-0.3, -0.25) is 4.79 Å². The molecule has 0 saturated carbocycles. The second kappa shape index (κ2) is 7.75. The van der Waals surface area contributed by atoms with Crippen LogP contribution in [0.15, 0.2) is 59.5 Å². The summed E-state index contributed by atoms with van der Waals surface area (Å²) in [6, 6.07) is 18.4. The van der Waals surface area contributed by atoms with E-state index in [2.05, 4.69) is 55.1 Å². The fourth-order valence-electron chi connectivity index (χ4n) is 2.94. The Morgan fingerprint density at radius 2 is 1.54 bits per heavy atom. The summed E-state index contributed by atoms with van der Waals surface area (Å²) in [7, 11) is 0. The Labute approximate surface area is 148 Å². The largest absolute Gasteiger partial charge is 0.368 e. The summed E-state index contributed by atoms with van der Waals surface area (Å²) < 4.78 is 0. The van der Waals surface area contributed by atoms with Crippen molar-refractivity contribution in [2.24, 2.45) is 0 Å². The summed E-state index contributed by atoms with van der Waals surface area (Å²) in [5.41, 5.74) is 2.02. The highest BCUT2D eigenvalue weighted by Gasteiger charge is 2.22. The lowest BCUT2D eigenvalue weighted by Crippen LogP contribution is -2.48. The minimum atomic E-state index is 0.142. The molecule has 0 N–H and O–H groups in total. The molecule has 1 heterocycles. The molecular weight excluding hydrogens is 316 g/mol. The number of piperazine rings is 1. The number of benzene rings is 2. The number of rotatable bonds is 4. The molecule has 4 heteroatoms. The Morgan fingerprint density at radius 3 is 2.12 bits per heavy atom. The maximum absolute atomic E-state index is 12.7. The Bertz CT molecular complexity index is 662. The topological polar surface area (TPSA) is 23.6 Å². The van der Waals surface area contributed by atoms with E-state index in [-0.39, 0.29) is 5.91 Å². The molecule has 126 valence electrons. The van der Waals surface area contributed by atoms with Crippen LogP contribution in [0.4, 0.5) is 5.69 Å². The average Bonchev–Trinajstić information content (AvgIpc) is 2.62. The van der Waals surface area contributed by atoms with Gasteiger partial charge in [0.15, 0.2) is 0 Å². The number of para-hydroxylation sites is 1. The van der Waals surface area contributed by atoms with Crippen LogP contribution in [-0.4, -0.2) is 42.2 Å². The van der Waals surface area contributed by atoms with Crippen molar-refractivity contribution in [3.63, 3.8) is 0 Å². The number of carbonyl (C=O) groups excluding carboxylic acids is 1. The van der Waals surface area contributed by atoms with Crippen LogP contribution in [0.5, 0.6) is 0 Å². The fourth-order valence-corrected chi connectivity index (χ4v) is 3.77. The highest BCUT2D eigenvalue weighted by Crippen LogP contribution is 2.23. The minimum absolute atomic E-state index is 0.142. The molecular formula is C20H24N2OS. The Morgan fingerprint density at radius 1 is 0.917 bits per heavy atom. The van der Waals surface area contributed by atoms with Crippen molar-refractivity contribution >= 4 is 23.4 Å². The van der Waals surface area contributed by atoms with Crippen LogP contribution in [0.1, 0.15) is 24.2 Å². The minimum Gasteiger partial charge on any atom is -0.368 e. The van der Waals surface area contributed by atoms with Crippen LogP contribution in [0.2, 0.25) is 0 Å². The van der Waals surface area contributed by atoms with Gasteiger partial charge in [-0.05, 0) is 36.4 Å². The van der Waals surface area contributed by atoms with E-state index in [1.54, 1.807) is 0 Å². The van der Waals surface area contributed by atoms with Crippen molar-refractivity contribution in [1.82, 2.24) is 4.90 Å². The molecule has 2 aromatic carbocycles. The van der Waals surface area contributed by atoms with Gasteiger partial charge in [0, 0.05) is 47.6 Å². The van der Waals surface area contributed by atoms with Crippen LogP contribution < -0.4 is 4.90 Å². The molecule has 0 aromatic heterocycles. The predicted octanol–water partition coefficient (Wildman–Crippen LogP) is 4.15. The lowest BCUT2D eigenvalue weighted by atomic mass is 10.1. The van der Waals surface area contributed by atoms with Gasteiger partial charge in [0.1, 0.15) is 0 Å². The smallest absolute Gasteiger partial charge is 0.253 e. The van der Waals surface area contributed by atoms with E-state index in [1.807, 2.05) is 34.9 Å². The molecule has 3 nitrogen and oxygen atoms in total. The average molecular weight is 340 g/mol. The molecule has 0 bridgehead atoms. The standard InChI is InChI=1S/C20H24N2OS/c1-16(2)24-19-10-8-17(9-11-19)20(23)22-14-12-21(13-15-22)18-6-4-3-5-7-18/h3-11,16H,12-15H2,1-2H3. The number of hydrogen-bond acceptors (Lipinski definition) is 3. The molecule has 3 rings (SSSR count). The predicted molar refractivity (Wildman–Crippen MR) is 102 cm³/mol. The van der Waals surface area contributed by atoms with Gasteiger partial charge in [-0.2, -0.15) is 0 Å². The van der Waals surface area contributed by atoms with Crippen molar-refractivity contribution in [3.8, 4) is 0 Å². The number of hydrogen-bond donors (Lipinski definition) is 0. The van der Waals surface area contributed by atoms with E-state index in [9.17, 15) is 4.79 Å². The summed E-state index contributed by atoms with van der Waals surface area (Å²) in [6.45, 7) is 7.67. The van der Waals surface area contributed by atoms with Crippen LogP contribution in [0.3, 0.4) is 0 Å². The molecule has 1 fully saturated rings. The first-order valence-electron chi connectivity index (χ1n) is 8.49. The van der Waals surface area contributed by atoms with Gasteiger partial charge in [0.2, 0.25) is 0 Å². The zero-order valence-electron chi connectivity index (χ0n) is 14.3. The van der Waals surface area contributed by atoms with Gasteiger partial charge in [-0.1, -0.05) is 32.0 Å². The highest BCUT2D eigenvalue weighted by molar-refractivity contribution is 7.99. The summed E-state index contributed by atoms with van der Waals surface area (Å²) in [4.78, 5) is 18.2. The number of amides is 1. The number of carbonyl (C=O) groups is 1. The van der Waals surface area contributed by atoms with Crippen LogP contribution in [0, 0.1) is 0 Å². The first kappa shape index (κ1) is 16.9. The van der Waals surface area contributed by atoms with Crippen molar-refractivity contribution in [2.75, 3.05) is 31.1 Å². The third-order valence-corrected chi connectivity index (χ3v) is 5.18. The highest BCUT2D eigenvalue weighted by atomic mass is 32.2. The Balaban J connectivity index is 1.59. The molecule has 1 aliphatic rings. The van der Waals surface area contributed by atoms with Crippen LogP contribution in [0.25, 0.3) is 0 Å². The first-order chi connectivity index (χ1) is 11.6. The van der Waals surface area contributed by atoms with Gasteiger partial charge in [0.25, 0.3) is 5.91 Å². The molecule has 1 amide bonds. The SMILES string of the molecule is CC(C)Sc1ccc(C(=O)N2CCN(c3ccccc3)CC2)cc1. The van der Waals surface area contributed by atoms with Crippen LogP contribution in [-0.2, 0) is 0 Å². The van der Waals surface area contributed by atoms with Crippen molar-refractivity contribution < 1.29 is 4.79 Å². The quantitative estimate of drug-likeness (QED) is 0.781. The molecule has 0 atom stereocenters. The zero-order chi connectivity index (χ0) is 16.9. The second-order valence-corrected chi connectivity index (χ2v) is 7.96.